The fourth-order valence-electron chi connectivity index (χ4n) is 2.76. The van der Waals surface area contributed by atoms with Crippen LogP contribution < -0.4 is 14.8 Å². The largest absolute Gasteiger partial charge is 0.493 e. The number of hydrogen-bond donors (Lipinski definition) is 1. The van der Waals surface area contributed by atoms with Gasteiger partial charge in [0.1, 0.15) is 12.4 Å². The van der Waals surface area contributed by atoms with E-state index in [9.17, 15) is 9.18 Å². The number of ether oxygens (including phenoxy) is 2. The van der Waals surface area contributed by atoms with Gasteiger partial charge in [0.2, 0.25) is 5.91 Å². The van der Waals surface area contributed by atoms with Crippen molar-refractivity contribution in [2.45, 2.75) is 25.2 Å². The van der Waals surface area contributed by atoms with Gasteiger partial charge in [-0.15, -0.1) is 16.8 Å². The highest BCUT2D eigenvalue weighted by Crippen LogP contribution is 2.27. The van der Waals surface area contributed by atoms with Crippen LogP contribution in [-0.2, 0) is 17.9 Å². The van der Waals surface area contributed by atoms with Crippen molar-refractivity contribution in [3.05, 3.63) is 72.3 Å². The number of hydrogen-bond acceptors (Lipinski definition) is 6. The van der Waals surface area contributed by atoms with E-state index in [2.05, 4.69) is 22.1 Å². The minimum Gasteiger partial charge on any atom is -0.493 e. The number of rotatable bonds is 10. The van der Waals surface area contributed by atoms with Gasteiger partial charge in [-0.25, -0.2) is 4.39 Å². The number of carbonyl (C=O) groups is 1. The zero-order valence-electron chi connectivity index (χ0n) is 17.3. The van der Waals surface area contributed by atoms with Gasteiger partial charge in [-0.05, 0) is 36.8 Å². The molecule has 0 aliphatic heterocycles. The van der Waals surface area contributed by atoms with E-state index in [1.807, 2.05) is 16.7 Å². The molecule has 1 N–H and O–H groups in total. The Kier molecular flexibility index (Phi) is 7.66. The molecular formula is C22H23FN4O3S. The van der Waals surface area contributed by atoms with Crippen LogP contribution in [-0.4, -0.2) is 33.5 Å². The number of nitrogens with one attached hydrogen (secondary N) is 1. The van der Waals surface area contributed by atoms with Gasteiger partial charge in [-0.2, -0.15) is 0 Å². The van der Waals surface area contributed by atoms with Gasteiger partial charge in [0.05, 0.1) is 18.6 Å². The molecule has 0 aliphatic rings. The topological polar surface area (TPSA) is 78.3 Å². The summed E-state index contributed by atoms with van der Waals surface area (Å²) in [5.41, 5.74) is 0.930. The number of nitrogens with zero attached hydrogens (tertiary/aromatic N) is 3. The molecule has 0 saturated heterocycles. The molecule has 2 aromatic carbocycles. The summed E-state index contributed by atoms with van der Waals surface area (Å²) in [5.74, 6) is 1.03. The lowest BCUT2D eigenvalue weighted by atomic mass is 10.2. The van der Waals surface area contributed by atoms with E-state index < -0.39 is 5.82 Å². The number of para-hydroxylation sites is 2. The van der Waals surface area contributed by atoms with Crippen molar-refractivity contribution in [1.29, 1.82) is 0 Å². The molecule has 0 radical (unpaired) electrons. The minimum atomic E-state index is -0.469. The number of thioether (sulfide) groups is 1. The second-order valence-electron chi connectivity index (χ2n) is 6.56. The molecule has 7 nitrogen and oxygen atoms in total. The van der Waals surface area contributed by atoms with E-state index in [-0.39, 0.29) is 24.0 Å². The molecule has 0 unspecified atom stereocenters. The highest BCUT2D eigenvalue weighted by molar-refractivity contribution is 7.99. The first-order valence-electron chi connectivity index (χ1n) is 9.49. The number of benzene rings is 2. The normalized spacial score (nSPS) is 10.5. The molecule has 1 aromatic heterocycles. The van der Waals surface area contributed by atoms with Crippen LogP contribution >= 0.6 is 11.8 Å². The number of allylic oxidation sites excluding steroid dienone is 1. The molecule has 1 amide bonds. The number of halogens is 1. The number of aromatic nitrogens is 3. The summed E-state index contributed by atoms with van der Waals surface area (Å²) >= 11 is 1.20. The van der Waals surface area contributed by atoms with Crippen LogP contribution in [0.15, 0.2) is 60.3 Å². The second kappa shape index (κ2) is 10.6. The minimum absolute atomic E-state index is 0.0515. The van der Waals surface area contributed by atoms with E-state index in [0.29, 0.717) is 29.0 Å². The number of amides is 1. The lowest BCUT2D eigenvalue weighted by Crippen LogP contribution is -2.16. The molecule has 3 rings (SSSR count). The van der Waals surface area contributed by atoms with E-state index in [4.69, 9.17) is 9.47 Å². The molecule has 162 valence electrons. The van der Waals surface area contributed by atoms with Crippen LogP contribution in [0.3, 0.4) is 0 Å². The van der Waals surface area contributed by atoms with Crippen LogP contribution in [0.5, 0.6) is 11.5 Å². The van der Waals surface area contributed by atoms with E-state index in [1.165, 1.54) is 17.8 Å². The molecule has 0 atom stereocenters. The van der Waals surface area contributed by atoms with Crippen molar-refractivity contribution < 1.29 is 18.7 Å². The first-order valence-corrected chi connectivity index (χ1v) is 10.5. The van der Waals surface area contributed by atoms with Gasteiger partial charge in [-0.1, -0.05) is 36.0 Å². The van der Waals surface area contributed by atoms with Crippen LogP contribution in [0.25, 0.3) is 0 Å². The third kappa shape index (κ3) is 5.85. The summed E-state index contributed by atoms with van der Waals surface area (Å²) in [6.07, 6.45) is 1.71. The Morgan fingerprint density at radius 1 is 1.26 bits per heavy atom. The summed E-state index contributed by atoms with van der Waals surface area (Å²) in [7, 11) is 1.57. The van der Waals surface area contributed by atoms with Gasteiger partial charge < -0.3 is 14.8 Å². The third-order valence-corrected chi connectivity index (χ3v) is 5.23. The second-order valence-corrected chi connectivity index (χ2v) is 7.50. The molecule has 1 heterocycles. The smallest absolute Gasteiger partial charge is 0.234 e. The first kappa shape index (κ1) is 22.4. The summed E-state index contributed by atoms with van der Waals surface area (Å²) in [5, 5.41) is 11.5. The predicted octanol–water partition coefficient (Wildman–Crippen LogP) is 4.23. The SMILES string of the molecule is C=CCn1c(COc2ccccc2OC)nnc1SCC(=O)Nc1ccc(C)cc1F. The Hall–Kier alpha value is -3.33. The van der Waals surface area contributed by atoms with Crippen LogP contribution in [0.2, 0.25) is 0 Å². The lowest BCUT2D eigenvalue weighted by Gasteiger charge is -2.11. The summed E-state index contributed by atoms with van der Waals surface area (Å²) in [4.78, 5) is 12.3. The van der Waals surface area contributed by atoms with Crippen molar-refractivity contribution >= 4 is 23.4 Å². The molecular weight excluding hydrogens is 419 g/mol. The number of carbonyl (C=O) groups excluding carboxylic acids is 1. The van der Waals surface area contributed by atoms with Gasteiger partial charge in [0, 0.05) is 6.54 Å². The van der Waals surface area contributed by atoms with Crippen LogP contribution in [0, 0.1) is 12.7 Å². The Labute approximate surface area is 184 Å². The Balaban J connectivity index is 1.64. The quantitative estimate of drug-likeness (QED) is 0.374. The average Bonchev–Trinajstić information content (AvgIpc) is 3.15. The van der Waals surface area contributed by atoms with Crippen molar-refractivity contribution in [2.24, 2.45) is 0 Å². The lowest BCUT2D eigenvalue weighted by molar-refractivity contribution is -0.113. The molecule has 0 fully saturated rings. The maximum Gasteiger partial charge on any atom is 0.234 e. The van der Waals surface area contributed by atoms with E-state index >= 15 is 0 Å². The van der Waals surface area contributed by atoms with Gasteiger partial charge in [-0.3, -0.25) is 9.36 Å². The maximum absolute atomic E-state index is 13.9. The zero-order chi connectivity index (χ0) is 22.2. The maximum atomic E-state index is 13.9. The highest BCUT2D eigenvalue weighted by Gasteiger charge is 2.15. The molecule has 0 spiro atoms. The van der Waals surface area contributed by atoms with Crippen molar-refractivity contribution in [3.63, 3.8) is 0 Å². The van der Waals surface area contributed by atoms with Crippen LogP contribution in [0.1, 0.15) is 11.4 Å². The molecule has 0 bridgehead atoms. The predicted molar refractivity (Wildman–Crippen MR) is 118 cm³/mol. The van der Waals surface area contributed by atoms with Crippen molar-refractivity contribution in [1.82, 2.24) is 14.8 Å². The third-order valence-electron chi connectivity index (χ3n) is 4.26. The summed E-state index contributed by atoms with van der Waals surface area (Å²) in [6, 6.07) is 12.0. The molecule has 3 aromatic rings. The standard InChI is InChI=1S/C22H23FN4O3S/c1-4-11-27-20(13-30-19-8-6-5-7-18(19)29-3)25-26-22(27)31-14-21(28)24-17-10-9-15(2)12-16(17)23/h4-10,12H,1,11,13-14H2,2-3H3,(H,24,28). The van der Waals surface area contributed by atoms with Crippen molar-refractivity contribution in [3.8, 4) is 11.5 Å². The Morgan fingerprint density at radius 2 is 2.03 bits per heavy atom. The molecule has 0 aliphatic carbocycles. The van der Waals surface area contributed by atoms with Gasteiger partial charge >= 0.3 is 0 Å². The Morgan fingerprint density at radius 3 is 2.74 bits per heavy atom. The molecule has 0 saturated carbocycles. The van der Waals surface area contributed by atoms with Gasteiger partial charge in [0.15, 0.2) is 22.5 Å². The summed E-state index contributed by atoms with van der Waals surface area (Å²) in [6.45, 7) is 6.17. The van der Waals surface area contributed by atoms with Crippen molar-refractivity contribution in [2.75, 3.05) is 18.2 Å². The Bertz CT molecular complexity index is 1070. The number of anilines is 1. The highest BCUT2D eigenvalue weighted by atomic mass is 32.2. The number of aryl methyl sites for hydroxylation is 1. The number of methoxy groups -OCH3 is 1. The summed E-state index contributed by atoms with van der Waals surface area (Å²) < 4.78 is 26.9. The molecule has 31 heavy (non-hydrogen) atoms. The fraction of sp³-hybridized carbons (Fsp3) is 0.227. The average molecular weight is 443 g/mol. The zero-order valence-corrected chi connectivity index (χ0v) is 18.1. The molecule has 9 heteroatoms. The first-order chi connectivity index (χ1) is 15.0. The van der Waals surface area contributed by atoms with Crippen LogP contribution in [0.4, 0.5) is 10.1 Å². The van der Waals surface area contributed by atoms with E-state index in [1.54, 1.807) is 44.4 Å². The van der Waals surface area contributed by atoms with Gasteiger partial charge in [0.25, 0.3) is 0 Å². The fourth-order valence-corrected chi connectivity index (χ4v) is 3.53. The monoisotopic (exact) mass is 442 g/mol. The van der Waals surface area contributed by atoms with E-state index in [0.717, 1.165) is 5.56 Å².